The first kappa shape index (κ1) is 56.0. The van der Waals surface area contributed by atoms with Gasteiger partial charge in [0.05, 0.1) is 33.6 Å². The maximum atomic E-state index is 5.92. The topological polar surface area (TPSA) is 72.2 Å². The van der Waals surface area contributed by atoms with Crippen molar-refractivity contribution < 1.29 is 50.9 Å². The Bertz CT molecular complexity index is 10600. The molecule has 8 nitrogen and oxygen atoms in total. The van der Waals surface area contributed by atoms with E-state index in [-0.39, 0.29) is 43.3 Å². The minimum atomic E-state index is -0.494. The molecule has 1 unspecified atom stereocenters. The molecule has 8 bridgehead atoms. The molecule has 3 aliphatic heterocycles. The van der Waals surface area contributed by atoms with E-state index in [9.17, 15) is 0 Å². The van der Waals surface area contributed by atoms with Crippen LogP contribution in [0.5, 0.6) is 0 Å². The lowest BCUT2D eigenvalue weighted by molar-refractivity contribution is -0.671. The number of pyridine rings is 3. The van der Waals surface area contributed by atoms with Gasteiger partial charge in [0.1, 0.15) is 21.1 Å². The zero-order valence-electron chi connectivity index (χ0n) is 62.5. The van der Waals surface area contributed by atoms with Gasteiger partial charge in [-0.2, -0.15) is 0 Å². The van der Waals surface area contributed by atoms with Crippen LogP contribution in [0.25, 0.3) is 382 Å². The van der Waals surface area contributed by atoms with Gasteiger partial charge in [-0.25, -0.2) is 23.7 Å². The molecule has 118 heavy (non-hydrogen) atoms. The standard InChI is InChI=1S/C107H40N8.3ClH/c1-112-23-17-31(18-24-112)44-37-11-9-35(108-37)43(36-10-12-38(109-36)45(32-19-25-113(2)26-20-32)40-14-16-42(111-40)46(41-15-13-39(44)110-41)33-21-27-114(3)28-22-33)30-5-7-34(8-6-30)105-107-103-97-91-81-69-61-53-49-47-48-51-55(53)63(69)73-67-59(51)60-52(48)56-54-50(47)58-57(49)65-71(61)79-85-75(65)76-66(58)72-62(54)70-64(56)74-68(60)78-77(67)89(83(73)91)99(103)100-90(78)84(74)92-82(70)88-80(72)86(76)94-93(85)101(95(97)87(79)81)106(107,29-115(105)4)102(94)96(88)98(92)104(100)107;;;/h5-28,105H,29H2,1-4H3,(H,108,109,110,111);3*1H/q+2;;;/p-2. The number of rotatable bonds is 5. The van der Waals surface area contributed by atoms with Gasteiger partial charge in [0.15, 0.2) is 37.2 Å². The van der Waals surface area contributed by atoms with Gasteiger partial charge < -0.3 is 47.2 Å². The van der Waals surface area contributed by atoms with Crippen LogP contribution in [0.4, 0.5) is 0 Å². The second-order valence-electron chi connectivity index (χ2n) is 38.2. The maximum absolute atomic E-state index is 5.92. The van der Waals surface area contributed by atoms with Gasteiger partial charge in [0.25, 0.3) is 0 Å². The minimum Gasteiger partial charge on any atom is -1.00 e. The van der Waals surface area contributed by atoms with Crippen molar-refractivity contribution in [3.05, 3.63) is 173 Å². The van der Waals surface area contributed by atoms with E-state index >= 15 is 0 Å². The summed E-state index contributed by atoms with van der Waals surface area (Å²) < 4.78 is 6.32. The van der Waals surface area contributed by atoms with Crippen LogP contribution in [-0.2, 0) is 32.0 Å². The molecule has 0 amide bonds. The zero-order valence-corrected chi connectivity index (χ0v) is 64.7. The molecule has 0 saturated carbocycles. The van der Waals surface area contributed by atoms with E-state index in [0.29, 0.717) is 0 Å². The number of aromatic amines is 2. The van der Waals surface area contributed by atoms with E-state index in [4.69, 9.17) is 9.97 Å². The summed E-state index contributed by atoms with van der Waals surface area (Å²) in [6.45, 7) is 0.946. The summed E-state index contributed by atoms with van der Waals surface area (Å²) in [6, 6.07) is 32.7. The Hall–Kier alpha value is -13.4. The number of benzene rings is 19. The Labute approximate surface area is 676 Å². The molecular weight excluding hydrogens is 1500 g/mol. The van der Waals surface area contributed by atoms with Crippen LogP contribution in [0, 0.1) is 0 Å². The number of aryl methyl sites for hydroxylation is 3. The van der Waals surface area contributed by atoms with Crippen molar-refractivity contribution in [3.63, 3.8) is 0 Å². The van der Waals surface area contributed by atoms with E-state index in [1.54, 1.807) is 313 Å². The van der Waals surface area contributed by atoms with Gasteiger partial charge in [-0.15, -0.1) is 0 Å². The van der Waals surface area contributed by atoms with Crippen molar-refractivity contribution in [2.45, 2.75) is 16.9 Å². The Morgan fingerprint density at radius 3 is 0.678 bits per heavy atom. The molecule has 35 aromatic rings. The summed E-state index contributed by atoms with van der Waals surface area (Å²) in [5.74, 6) is 0. The quantitative estimate of drug-likeness (QED) is 0.133. The molecule has 1 fully saturated rings. The molecule has 0 radical (unpaired) electrons. The van der Waals surface area contributed by atoms with Crippen LogP contribution in [0.15, 0.2) is 122 Å². The van der Waals surface area contributed by atoms with E-state index < -0.39 is 10.8 Å². The smallest absolute Gasteiger partial charge is 0.169 e. The van der Waals surface area contributed by atoms with E-state index in [2.05, 4.69) is 203 Å². The van der Waals surface area contributed by atoms with E-state index in [0.717, 1.165) is 95.9 Å². The fraction of sp³-hybridized carbons (Fsp3) is 0.0748. The van der Waals surface area contributed by atoms with Gasteiger partial charge in [0.2, 0.25) is 0 Å². The third-order valence-corrected chi connectivity index (χ3v) is 35.0. The third-order valence-electron chi connectivity index (χ3n) is 35.0. The van der Waals surface area contributed by atoms with Crippen molar-refractivity contribution in [1.29, 1.82) is 0 Å². The number of hydrogen-bond acceptors (Lipinski definition) is 3. The Morgan fingerprint density at radius 1 is 0.263 bits per heavy atom. The SMILES string of the molecule is CN1CC23c4c5c6c7c8c9c(c%10c%11c2c2c4c4c%12c5c5c6c6c8c8c%13c9c9c%10c%10c%11c%11c2c2c4c4c%12c%12c5c5c6c8c6c8c%13c9c9c%10c%10c%11c2c2c4c4c%12c5c6c5c8c9c%10c2c45)C73C1c1ccc(-c2c3nc(c(-c4cc[n+](C)cc4)c4ccc([nH]4)c(-c4cc[n+](C)cc4)c4nc(c(-c5cc[n+](C)cc5)c5ccc2[nH]5)C=C4)C=C3)cc1.[Cl-].[Cl-].[Cl-]. The summed E-state index contributed by atoms with van der Waals surface area (Å²) in [6.07, 6.45) is 21.8. The Balaban J connectivity index is 0.00000205. The lowest BCUT2D eigenvalue weighted by Gasteiger charge is -2.52. The van der Waals surface area contributed by atoms with Crippen LogP contribution in [0.1, 0.15) is 56.6 Å². The summed E-state index contributed by atoms with van der Waals surface area (Å²) in [5, 5.41) is 88.4. The van der Waals surface area contributed by atoms with Crippen LogP contribution in [0.2, 0.25) is 0 Å². The first-order valence-corrected chi connectivity index (χ1v) is 41.4. The summed E-state index contributed by atoms with van der Waals surface area (Å²) in [4.78, 5) is 22.8. The first-order valence-electron chi connectivity index (χ1n) is 41.4. The van der Waals surface area contributed by atoms with Crippen molar-refractivity contribution in [3.8, 4) is 44.5 Å². The second-order valence-corrected chi connectivity index (χ2v) is 38.2. The molecule has 4 aliphatic carbocycles. The molecule has 2 spiro atoms. The average molecular weight is 1540 g/mol. The van der Waals surface area contributed by atoms with Crippen LogP contribution in [0.3, 0.4) is 0 Å². The summed E-state index contributed by atoms with van der Waals surface area (Å²) in [5.41, 5.74) is 23.5. The molecule has 2 N–H and O–H groups in total. The fourth-order valence-electron chi connectivity index (χ4n) is 32.8. The van der Waals surface area contributed by atoms with Crippen molar-refractivity contribution in [2.75, 3.05) is 13.6 Å². The number of nitrogens with zero attached hydrogens (tertiary/aromatic N) is 6. The van der Waals surface area contributed by atoms with Crippen molar-refractivity contribution in [2.24, 2.45) is 21.1 Å². The maximum Gasteiger partial charge on any atom is 0.169 e. The van der Waals surface area contributed by atoms with Gasteiger partial charge in [-0.05, 0) is 397 Å². The number of halogens is 3. The molecule has 42 rings (SSSR count). The highest BCUT2D eigenvalue weighted by molar-refractivity contribution is 6.82. The van der Waals surface area contributed by atoms with Crippen LogP contribution >= 0.6 is 0 Å². The number of likely N-dealkylation sites (N-methyl/N-ethyl adjacent to an activating group) is 1. The predicted molar refractivity (Wildman–Crippen MR) is 473 cm³/mol. The second kappa shape index (κ2) is 15.2. The largest absolute Gasteiger partial charge is 1.00 e. The van der Waals surface area contributed by atoms with Crippen LogP contribution < -0.4 is 50.9 Å². The molecule has 7 aliphatic rings. The number of fused-ring (bicyclic) bond motifs is 8. The number of likely N-dealkylation sites (tertiary alicyclic amines) is 1. The van der Waals surface area contributed by atoms with Crippen LogP contribution in [-0.4, -0.2) is 38.4 Å². The molecule has 530 valence electrons. The molecule has 29 aromatic carbocycles. The number of nitrogens with one attached hydrogen (secondary N) is 2. The third kappa shape index (κ3) is 4.19. The average Bonchev–Trinajstić information content (AvgIpc) is 1.38. The molecule has 1 saturated heterocycles. The van der Waals surface area contributed by atoms with Crippen molar-refractivity contribution >= 4 is 337 Å². The summed E-state index contributed by atoms with van der Waals surface area (Å²) >= 11 is 0. The molecular formula is C107H41Cl3N8. The van der Waals surface area contributed by atoms with E-state index in [1.165, 1.54) is 5.56 Å². The number of H-pyrrole nitrogens is 2. The monoisotopic (exact) mass is 1540 g/mol. The van der Waals surface area contributed by atoms with Gasteiger partial charge in [-0.1, -0.05) is 24.3 Å². The Morgan fingerprint density at radius 2 is 0.458 bits per heavy atom. The number of hydrogen-bond donors (Lipinski definition) is 2. The predicted octanol–water partition coefficient (Wildman–Crippen LogP) is 15.1. The molecule has 1 atom stereocenters. The normalized spacial score (nSPS) is 19.0. The highest BCUT2D eigenvalue weighted by Gasteiger charge is 2.76. The van der Waals surface area contributed by atoms with Crippen molar-refractivity contribution in [1.82, 2.24) is 24.8 Å². The lowest BCUT2D eigenvalue weighted by atomic mass is 9.47. The Kier molecular flexibility index (Phi) is 7.22. The fourth-order valence-corrected chi connectivity index (χ4v) is 32.8. The highest BCUT2D eigenvalue weighted by atomic mass is 35.5. The number of aromatic nitrogens is 7. The highest BCUT2D eigenvalue weighted by Crippen LogP contribution is 2.87. The van der Waals surface area contributed by atoms with Gasteiger partial charge in [0, 0.05) is 93.3 Å². The lowest BCUT2D eigenvalue weighted by Crippen LogP contribution is -3.00. The first-order chi connectivity index (χ1) is 56.8. The van der Waals surface area contributed by atoms with Gasteiger partial charge in [-0.3, -0.25) is 4.90 Å². The molecule has 11 heteroatoms. The van der Waals surface area contributed by atoms with Gasteiger partial charge >= 0.3 is 0 Å². The molecule has 6 aromatic heterocycles. The molecule has 9 heterocycles. The van der Waals surface area contributed by atoms with E-state index in [1.807, 2.05) is 0 Å². The summed E-state index contributed by atoms with van der Waals surface area (Å²) in [7, 11) is 8.86. The zero-order chi connectivity index (χ0) is 71.7. The minimum absolute atomic E-state index is 0.